The van der Waals surface area contributed by atoms with Crippen molar-refractivity contribution in [1.29, 1.82) is 0 Å². The first-order valence-electron chi connectivity index (χ1n) is 5.71. The molecule has 0 saturated heterocycles. The Kier molecular flexibility index (Phi) is 6.36. The van der Waals surface area contributed by atoms with E-state index in [4.69, 9.17) is 9.47 Å². The molecule has 19 heavy (non-hydrogen) atoms. The summed E-state index contributed by atoms with van der Waals surface area (Å²) in [6.07, 6.45) is -0.397. The Hall–Kier alpha value is -1.02. The van der Waals surface area contributed by atoms with Crippen LogP contribution in [0.15, 0.2) is 22.7 Å². The molecule has 0 fully saturated rings. The Morgan fingerprint density at radius 3 is 2.58 bits per heavy atom. The number of hydrogen-bond acceptors (Lipinski definition) is 5. The van der Waals surface area contributed by atoms with Crippen LogP contribution in [0.2, 0.25) is 0 Å². The third-order valence-corrected chi connectivity index (χ3v) is 3.22. The fourth-order valence-corrected chi connectivity index (χ4v) is 2.15. The molecule has 0 aliphatic heterocycles. The van der Waals surface area contributed by atoms with Gasteiger partial charge in [-0.25, -0.2) is 0 Å². The van der Waals surface area contributed by atoms with Crippen molar-refractivity contribution in [3.63, 3.8) is 0 Å². The smallest absolute Gasteiger partial charge is 0.273 e. The van der Waals surface area contributed by atoms with Gasteiger partial charge in [0.05, 0.1) is 11.0 Å². The quantitative estimate of drug-likeness (QED) is 0.471. The molecule has 0 radical (unpaired) electrons. The summed E-state index contributed by atoms with van der Waals surface area (Å²) >= 11 is 3.31. The van der Waals surface area contributed by atoms with Crippen molar-refractivity contribution in [2.24, 2.45) is 0 Å². The number of methoxy groups -OCH3 is 2. The Labute approximate surface area is 120 Å². The number of hydrogen-bond donors (Lipinski definition) is 1. The lowest BCUT2D eigenvalue weighted by Gasteiger charge is -2.22. The van der Waals surface area contributed by atoms with Gasteiger partial charge in [-0.15, -0.1) is 0 Å². The fraction of sp³-hybridized carbons (Fsp3) is 0.500. The van der Waals surface area contributed by atoms with E-state index in [0.29, 0.717) is 12.1 Å². The molecule has 6 nitrogen and oxygen atoms in total. The zero-order valence-electron chi connectivity index (χ0n) is 11.1. The van der Waals surface area contributed by atoms with E-state index in [1.807, 2.05) is 6.92 Å². The molecule has 0 aromatic heterocycles. The van der Waals surface area contributed by atoms with Crippen LogP contribution in [-0.4, -0.2) is 31.5 Å². The molecule has 0 bridgehead atoms. The van der Waals surface area contributed by atoms with E-state index in [2.05, 4.69) is 21.2 Å². The molecule has 106 valence electrons. The lowest BCUT2D eigenvalue weighted by atomic mass is 10.1. The van der Waals surface area contributed by atoms with Gasteiger partial charge in [0.15, 0.2) is 6.29 Å². The van der Waals surface area contributed by atoms with Crippen molar-refractivity contribution in [1.82, 2.24) is 5.32 Å². The molecule has 0 aliphatic carbocycles. The molecular weight excluding hydrogens is 316 g/mol. The summed E-state index contributed by atoms with van der Waals surface area (Å²) in [6, 6.07) is 4.77. The van der Waals surface area contributed by atoms with E-state index < -0.39 is 11.2 Å². The molecule has 0 heterocycles. The van der Waals surface area contributed by atoms with Crippen LogP contribution in [0.5, 0.6) is 0 Å². The van der Waals surface area contributed by atoms with Gasteiger partial charge in [0.2, 0.25) is 0 Å². The first-order chi connectivity index (χ1) is 8.99. The molecule has 1 unspecified atom stereocenters. The number of nitrogens with zero attached hydrogens (tertiary/aromatic N) is 1. The maximum atomic E-state index is 10.9. The number of nitro benzene ring substituents is 1. The highest BCUT2D eigenvalue weighted by atomic mass is 79.9. The lowest BCUT2D eigenvalue weighted by Crippen LogP contribution is -2.39. The maximum absolute atomic E-state index is 10.9. The molecule has 7 heteroatoms. The summed E-state index contributed by atoms with van der Waals surface area (Å²) in [4.78, 5) is 10.5. The predicted octanol–water partition coefficient (Wildman–Crippen LogP) is 2.45. The van der Waals surface area contributed by atoms with Crippen molar-refractivity contribution in [2.75, 3.05) is 14.2 Å². The molecule has 1 aromatic carbocycles. The van der Waals surface area contributed by atoms with Crippen LogP contribution in [0.3, 0.4) is 0 Å². The molecular formula is C12H17BrN2O4. The largest absolute Gasteiger partial charge is 0.354 e. The van der Waals surface area contributed by atoms with Crippen LogP contribution in [0.4, 0.5) is 5.69 Å². The standard InChI is InChI=1S/C12H17BrN2O4/c1-8(12(18-2)19-3)14-7-9-6-10(13)4-5-11(9)15(16)17/h4-6,8,12,14H,7H2,1-3H3. The van der Waals surface area contributed by atoms with E-state index in [1.54, 1.807) is 26.4 Å². The highest BCUT2D eigenvalue weighted by molar-refractivity contribution is 9.10. The number of rotatable bonds is 7. The predicted molar refractivity (Wildman–Crippen MR) is 74.9 cm³/mol. The first-order valence-corrected chi connectivity index (χ1v) is 6.50. The number of nitrogens with one attached hydrogen (secondary N) is 1. The topological polar surface area (TPSA) is 73.6 Å². The molecule has 0 saturated carbocycles. The summed E-state index contributed by atoms with van der Waals surface area (Å²) in [7, 11) is 3.10. The van der Waals surface area contributed by atoms with Crippen LogP contribution < -0.4 is 5.32 Å². The molecule has 1 atom stereocenters. The van der Waals surface area contributed by atoms with Gasteiger partial charge in [0, 0.05) is 36.9 Å². The Morgan fingerprint density at radius 2 is 2.05 bits per heavy atom. The second kappa shape index (κ2) is 7.54. The van der Waals surface area contributed by atoms with Gasteiger partial charge in [-0.3, -0.25) is 10.1 Å². The zero-order chi connectivity index (χ0) is 14.4. The van der Waals surface area contributed by atoms with Gasteiger partial charge in [0.25, 0.3) is 5.69 Å². The van der Waals surface area contributed by atoms with E-state index in [-0.39, 0.29) is 11.7 Å². The minimum absolute atomic E-state index is 0.0893. The molecule has 1 rings (SSSR count). The van der Waals surface area contributed by atoms with Gasteiger partial charge in [-0.2, -0.15) is 0 Å². The van der Waals surface area contributed by atoms with Crippen LogP contribution in [0.1, 0.15) is 12.5 Å². The first kappa shape index (κ1) is 16.0. The van der Waals surface area contributed by atoms with E-state index in [9.17, 15) is 10.1 Å². The Morgan fingerprint density at radius 1 is 1.42 bits per heavy atom. The van der Waals surface area contributed by atoms with Crippen molar-refractivity contribution >= 4 is 21.6 Å². The Balaban J connectivity index is 2.76. The summed E-state index contributed by atoms with van der Waals surface area (Å²) in [5.41, 5.74) is 0.700. The number of nitro groups is 1. The summed E-state index contributed by atoms with van der Waals surface area (Å²) in [5, 5.41) is 14.1. The number of benzene rings is 1. The van der Waals surface area contributed by atoms with Crippen LogP contribution in [-0.2, 0) is 16.0 Å². The third-order valence-electron chi connectivity index (χ3n) is 2.73. The van der Waals surface area contributed by atoms with Crippen LogP contribution in [0.25, 0.3) is 0 Å². The van der Waals surface area contributed by atoms with Crippen molar-refractivity contribution in [2.45, 2.75) is 25.8 Å². The number of ether oxygens (including phenoxy) is 2. The summed E-state index contributed by atoms with van der Waals surface area (Å²) in [6.45, 7) is 2.25. The van der Waals surface area contributed by atoms with Gasteiger partial charge in [-0.1, -0.05) is 15.9 Å². The molecule has 0 aliphatic rings. The second-order valence-corrected chi connectivity index (χ2v) is 4.96. The highest BCUT2D eigenvalue weighted by Crippen LogP contribution is 2.23. The Bertz CT molecular complexity index is 438. The molecule has 1 N–H and O–H groups in total. The van der Waals surface area contributed by atoms with Crippen molar-refractivity contribution in [3.8, 4) is 0 Å². The van der Waals surface area contributed by atoms with Crippen molar-refractivity contribution in [3.05, 3.63) is 38.3 Å². The van der Waals surface area contributed by atoms with Crippen molar-refractivity contribution < 1.29 is 14.4 Å². The van der Waals surface area contributed by atoms with Gasteiger partial charge in [-0.05, 0) is 19.1 Å². The second-order valence-electron chi connectivity index (χ2n) is 4.04. The molecule has 1 aromatic rings. The minimum Gasteiger partial charge on any atom is -0.354 e. The third kappa shape index (κ3) is 4.54. The normalized spacial score (nSPS) is 12.7. The average Bonchev–Trinajstić information content (AvgIpc) is 2.37. The highest BCUT2D eigenvalue weighted by Gasteiger charge is 2.18. The zero-order valence-corrected chi connectivity index (χ0v) is 12.6. The van der Waals surface area contributed by atoms with Gasteiger partial charge >= 0.3 is 0 Å². The molecule has 0 spiro atoms. The monoisotopic (exact) mass is 332 g/mol. The van der Waals surface area contributed by atoms with Gasteiger partial charge < -0.3 is 14.8 Å². The van der Waals surface area contributed by atoms with E-state index >= 15 is 0 Å². The average molecular weight is 333 g/mol. The summed E-state index contributed by atoms with van der Waals surface area (Å²) < 4.78 is 11.0. The SMILES string of the molecule is COC(OC)C(C)NCc1cc(Br)ccc1[N+](=O)[O-]. The van der Waals surface area contributed by atoms with Crippen LogP contribution in [0, 0.1) is 10.1 Å². The summed E-state index contributed by atoms with van der Waals surface area (Å²) in [5.74, 6) is 0. The van der Waals surface area contributed by atoms with E-state index in [1.165, 1.54) is 6.07 Å². The number of halogens is 1. The van der Waals surface area contributed by atoms with Crippen LogP contribution >= 0.6 is 15.9 Å². The lowest BCUT2D eigenvalue weighted by molar-refractivity contribution is -0.385. The van der Waals surface area contributed by atoms with Gasteiger partial charge in [0.1, 0.15) is 0 Å². The minimum atomic E-state index is -0.397. The maximum Gasteiger partial charge on any atom is 0.273 e. The fourth-order valence-electron chi connectivity index (χ4n) is 1.75. The molecule has 0 amide bonds. The van der Waals surface area contributed by atoms with E-state index in [0.717, 1.165) is 4.47 Å².